The minimum atomic E-state index is -0.843. The van der Waals surface area contributed by atoms with E-state index in [1.807, 2.05) is 25.1 Å². The van der Waals surface area contributed by atoms with Crippen LogP contribution in [0.5, 0.6) is 5.75 Å². The summed E-state index contributed by atoms with van der Waals surface area (Å²) < 4.78 is 32.6. The van der Waals surface area contributed by atoms with E-state index in [1.54, 1.807) is 0 Å². The Morgan fingerprint density at radius 3 is 2.36 bits per heavy atom. The first kappa shape index (κ1) is 18.7. The maximum Gasteiger partial charge on any atom is 0.322 e. The molecule has 2 aromatic carbocycles. The number of aryl methyl sites for hydroxylation is 1. The van der Waals surface area contributed by atoms with E-state index in [1.165, 1.54) is 6.07 Å². The molecule has 0 aliphatic heterocycles. The Kier molecular flexibility index (Phi) is 5.62. The lowest BCUT2D eigenvalue weighted by molar-refractivity contribution is 0.233. The summed E-state index contributed by atoms with van der Waals surface area (Å²) in [5, 5.41) is 4.56. The summed E-state index contributed by atoms with van der Waals surface area (Å²) in [6.45, 7) is 8.06. The molecule has 0 heterocycles. The van der Waals surface area contributed by atoms with Gasteiger partial charge >= 0.3 is 6.03 Å². The fraction of sp³-hybridized carbons (Fsp3) is 0.316. The monoisotopic (exact) mass is 348 g/mol. The molecule has 0 saturated heterocycles. The summed E-state index contributed by atoms with van der Waals surface area (Å²) >= 11 is 0. The van der Waals surface area contributed by atoms with Crippen LogP contribution >= 0.6 is 0 Å². The number of para-hydroxylation sites is 1. The van der Waals surface area contributed by atoms with E-state index >= 15 is 0 Å². The predicted molar refractivity (Wildman–Crippen MR) is 93.9 cm³/mol. The van der Waals surface area contributed by atoms with Gasteiger partial charge in [0.25, 0.3) is 0 Å². The average molecular weight is 348 g/mol. The molecule has 0 atom stereocenters. The Labute approximate surface area is 146 Å². The van der Waals surface area contributed by atoms with Crippen LogP contribution in [0, 0.1) is 18.6 Å². The third kappa shape index (κ3) is 4.92. The molecule has 25 heavy (non-hydrogen) atoms. The van der Waals surface area contributed by atoms with Crippen LogP contribution in [0.3, 0.4) is 0 Å². The summed E-state index contributed by atoms with van der Waals surface area (Å²) in [5.74, 6) is -1.04. The van der Waals surface area contributed by atoms with E-state index in [-0.39, 0.29) is 12.1 Å². The van der Waals surface area contributed by atoms with Crippen LogP contribution < -0.4 is 15.4 Å². The fourth-order valence-corrected chi connectivity index (χ4v) is 2.31. The Balaban J connectivity index is 1.98. The number of halogens is 2. The Bertz CT molecular complexity index is 750. The topological polar surface area (TPSA) is 50.4 Å². The van der Waals surface area contributed by atoms with E-state index < -0.39 is 23.4 Å². The molecule has 0 radical (unpaired) electrons. The maximum absolute atomic E-state index is 13.5. The highest BCUT2D eigenvalue weighted by Crippen LogP contribution is 2.32. The van der Waals surface area contributed by atoms with Crippen LogP contribution in [-0.4, -0.2) is 12.8 Å². The van der Waals surface area contributed by atoms with Gasteiger partial charge in [-0.05, 0) is 36.1 Å². The average Bonchev–Trinajstić information content (AvgIpc) is 2.51. The van der Waals surface area contributed by atoms with Crippen LogP contribution in [0.1, 0.15) is 31.9 Å². The van der Waals surface area contributed by atoms with Gasteiger partial charge in [0, 0.05) is 0 Å². The number of carbonyl (C=O) groups is 1. The molecule has 0 aromatic heterocycles. The van der Waals surface area contributed by atoms with Gasteiger partial charge in [0.1, 0.15) is 23.1 Å². The quantitative estimate of drug-likeness (QED) is 0.785. The fourth-order valence-electron chi connectivity index (χ4n) is 2.31. The molecule has 4 nitrogen and oxygen atoms in total. The molecule has 0 aliphatic rings. The number of nitrogens with one attached hydrogen (secondary N) is 2. The number of carbonyl (C=O) groups excluding carboxylic acids is 1. The summed E-state index contributed by atoms with van der Waals surface area (Å²) in [5.41, 5.74) is 1.50. The molecule has 2 N–H and O–H groups in total. The van der Waals surface area contributed by atoms with Crippen LogP contribution in [-0.2, 0) is 5.41 Å². The molecule has 0 fully saturated rings. The molecule has 0 spiro atoms. The molecule has 6 heteroatoms. The van der Waals surface area contributed by atoms with Crippen molar-refractivity contribution in [3.63, 3.8) is 0 Å². The Morgan fingerprint density at radius 1 is 1.12 bits per heavy atom. The van der Waals surface area contributed by atoms with Crippen molar-refractivity contribution in [3.8, 4) is 5.75 Å². The van der Waals surface area contributed by atoms with Crippen molar-refractivity contribution in [1.29, 1.82) is 0 Å². The number of ether oxygens (including phenoxy) is 1. The lowest BCUT2D eigenvalue weighted by Gasteiger charge is -2.23. The molecule has 2 amide bonds. The molecule has 134 valence electrons. The van der Waals surface area contributed by atoms with Crippen molar-refractivity contribution >= 4 is 11.7 Å². The second-order valence-electron chi connectivity index (χ2n) is 6.77. The van der Waals surface area contributed by atoms with Gasteiger partial charge in [0.05, 0.1) is 0 Å². The van der Waals surface area contributed by atoms with Crippen molar-refractivity contribution in [1.82, 2.24) is 5.32 Å². The zero-order valence-electron chi connectivity index (χ0n) is 14.7. The minimum absolute atomic E-state index is 0.125. The molecule has 0 aliphatic carbocycles. The van der Waals surface area contributed by atoms with Crippen molar-refractivity contribution < 1.29 is 18.3 Å². The molecular weight excluding hydrogens is 326 g/mol. The Morgan fingerprint density at radius 2 is 1.76 bits per heavy atom. The molecule has 0 bridgehead atoms. The lowest BCUT2D eigenvalue weighted by atomic mass is 9.85. The van der Waals surface area contributed by atoms with Gasteiger partial charge < -0.3 is 15.4 Å². The van der Waals surface area contributed by atoms with E-state index in [4.69, 9.17) is 4.74 Å². The van der Waals surface area contributed by atoms with Crippen LogP contribution in [0.4, 0.5) is 19.3 Å². The lowest BCUT2D eigenvalue weighted by Crippen LogP contribution is -2.33. The largest absolute Gasteiger partial charge is 0.473 e. The highest BCUT2D eigenvalue weighted by Gasteiger charge is 2.19. The van der Waals surface area contributed by atoms with Gasteiger partial charge in [-0.25, -0.2) is 13.6 Å². The van der Waals surface area contributed by atoms with Gasteiger partial charge in [-0.1, -0.05) is 44.5 Å². The second kappa shape index (κ2) is 7.51. The second-order valence-corrected chi connectivity index (χ2v) is 6.77. The molecule has 0 unspecified atom stereocenters. The number of benzene rings is 2. The van der Waals surface area contributed by atoms with Gasteiger partial charge in [0.2, 0.25) is 0 Å². The number of hydrogen-bond donors (Lipinski definition) is 2. The van der Waals surface area contributed by atoms with Crippen LogP contribution in [0.15, 0.2) is 36.4 Å². The first-order valence-electron chi connectivity index (χ1n) is 7.91. The van der Waals surface area contributed by atoms with Gasteiger partial charge in [0.15, 0.2) is 6.73 Å². The number of urea groups is 1. The van der Waals surface area contributed by atoms with Crippen molar-refractivity contribution in [2.45, 2.75) is 33.1 Å². The van der Waals surface area contributed by atoms with Crippen LogP contribution in [0.25, 0.3) is 0 Å². The van der Waals surface area contributed by atoms with Crippen molar-refractivity contribution in [2.75, 3.05) is 12.0 Å². The van der Waals surface area contributed by atoms with Crippen LogP contribution in [0.2, 0.25) is 0 Å². The summed E-state index contributed by atoms with van der Waals surface area (Å²) in [6, 6.07) is 8.39. The maximum atomic E-state index is 13.5. The van der Waals surface area contributed by atoms with E-state index in [9.17, 15) is 13.6 Å². The molecular formula is C19H22F2N2O2. The normalized spacial score (nSPS) is 11.1. The first-order chi connectivity index (χ1) is 11.7. The van der Waals surface area contributed by atoms with Crippen molar-refractivity contribution in [3.05, 3.63) is 59.2 Å². The molecule has 2 rings (SSSR count). The zero-order chi connectivity index (χ0) is 18.6. The number of amides is 2. The standard InChI is InChI=1S/C19H22F2N2O2/c1-12-8-9-16(13(10-12)19(2,3)4)25-11-22-18(24)23-17-14(20)6-5-7-15(17)21/h5-10H,11H2,1-4H3,(H2,22,23,24). The summed E-state index contributed by atoms with van der Waals surface area (Å²) in [4.78, 5) is 11.8. The number of hydrogen-bond acceptors (Lipinski definition) is 2. The Hall–Kier alpha value is -2.63. The SMILES string of the molecule is Cc1ccc(OCNC(=O)Nc2c(F)cccc2F)c(C(C)(C)C)c1. The van der Waals surface area contributed by atoms with Gasteiger partial charge in [-0.15, -0.1) is 0 Å². The van der Waals surface area contributed by atoms with Crippen molar-refractivity contribution in [2.24, 2.45) is 0 Å². The van der Waals surface area contributed by atoms with E-state index in [0.29, 0.717) is 5.75 Å². The molecule has 0 saturated carbocycles. The summed E-state index contributed by atoms with van der Waals surface area (Å²) in [7, 11) is 0. The number of rotatable bonds is 4. The third-order valence-corrected chi connectivity index (χ3v) is 3.60. The summed E-state index contributed by atoms with van der Waals surface area (Å²) in [6.07, 6.45) is 0. The van der Waals surface area contributed by atoms with Gasteiger partial charge in [-0.3, -0.25) is 0 Å². The smallest absolute Gasteiger partial charge is 0.322 e. The predicted octanol–water partition coefficient (Wildman–Crippen LogP) is 4.73. The van der Waals surface area contributed by atoms with Gasteiger partial charge in [-0.2, -0.15) is 0 Å². The third-order valence-electron chi connectivity index (χ3n) is 3.60. The van der Waals surface area contributed by atoms with E-state index in [0.717, 1.165) is 23.3 Å². The highest BCUT2D eigenvalue weighted by atomic mass is 19.1. The minimum Gasteiger partial charge on any atom is -0.473 e. The number of anilines is 1. The zero-order valence-corrected chi connectivity index (χ0v) is 14.7. The first-order valence-corrected chi connectivity index (χ1v) is 7.91. The highest BCUT2D eigenvalue weighted by molar-refractivity contribution is 5.89. The van der Waals surface area contributed by atoms with E-state index in [2.05, 4.69) is 31.4 Å². The molecule has 2 aromatic rings.